The number of halogens is 1. The average molecular weight is 226 g/mol. The van der Waals surface area contributed by atoms with E-state index in [1.807, 2.05) is 12.1 Å². The first-order chi connectivity index (χ1) is 5.86. The highest BCUT2D eigenvalue weighted by Crippen LogP contribution is 2.06. The van der Waals surface area contributed by atoms with E-state index in [0.717, 1.165) is 5.33 Å². The third-order valence-electron chi connectivity index (χ3n) is 1.59. The van der Waals surface area contributed by atoms with Crippen LogP contribution in [0.2, 0.25) is 0 Å². The largest absolute Gasteiger partial charge is 0.326 e. The summed E-state index contributed by atoms with van der Waals surface area (Å²) >= 11 is 3.33. The smallest absolute Gasteiger partial charge is 0.0215 e. The van der Waals surface area contributed by atoms with Crippen molar-refractivity contribution in [2.75, 3.05) is 5.33 Å². The molecule has 0 unspecified atom stereocenters. The summed E-state index contributed by atoms with van der Waals surface area (Å²) in [5, 5.41) is 0.889. The molecule has 0 heterocycles. The van der Waals surface area contributed by atoms with Gasteiger partial charge < -0.3 is 5.73 Å². The van der Waals surface area contributed by atoms with E-state index in [1.54, 1.807) is 0 Å². The van der Waals surface area contributed by atoms with Gasteiger partial charge in [0.05, 0.1) is 0 Å². The Morgan fingerprint density at radius 3 is 2.92 bits per heavy atom. The minimum atomic E-state index is 0.607. The standard InChI is InChI=1S/C10H12BrN/c11-6-2-5-9-3-1-4-10(7-9)8-12/h1-5,7H,6,8,12H2. The molecule has 64 valence electrons. The summed E-state index contributed by atoms with van der Waals surface area (Å²) in [5.74, 6) is 0. The summed E-state index contributed by atoms with van der Waals surface area (Å²) < 4.78 is 0. The molecule has 0 spiro atoms. The third kappa shape index (κ3) is 2.80. The van der Waals surface area contributed by atoms with Gasteiger partial charge in [-0.05, 0) is 11.1 Å². The van der Waals surface area contributed by atoms with Gasteiger partial charge in [-0.3, -0.25) is 0 Å². The number of allylic oxidation sites excluding steroid dienone is 1. The summed E-state index contributed by atoms with van der Waals surface area (Å²) in [7, 11) is 0. The summed E-state index contributed by atoms with van der Waals surface area (Å²) in [6.07, 6.45) is 4.14. The normalized spacial score (nSPS) is 10.8. The van der Waals surface area contributed by atoms with E-state index in [4.69, 9.17) is 5.73 Å². The average Bonchev–Trinajstić information content (AvgIpc) is 2.15. The van der Waals surface area contributed by atoms with Crippen LogP contribution >= 0.6 is 15.9 Å². The van der Waals surface area contributed by atoms with Crippen LogP contribution in [0.15, 0.2) is 30.3 Å². The fraction of sp³-hybridized carbons (Fsp3) is 0.200. The quantitative estimate of drug-likeness (QED) is 0.787. The van der Waals surface area contributed by atoms with Gasteiger partial charge in [0.1, 0.15) is 0 Å². The van der Waals surface area contributed by atoms with Crippen molar-refractivity contribution < 1.29 is 0 Å². The lowest BCUT2D eigenvalue weighted by Crippen LogP contribution is -1.95. The van der Waals surface area contributed by atoms with Crippen molar-refractivity contribution in [3.63, 3.8) is 0 Å². The Kier molecular flexibility index (Phi) is 4.05. The maximum atomic E-state index is 5.51. The fourth-order valence-corrected chi connectivity index (χ4v) is 1.19. The Hall–Kier alpha value is -0.600. The van der Waals surface area contributed by atoms with E-state index in [1.165, 1.54) is 11.1 Å². The molecule has 1 rings (SSSR count). The Morgan fingerprint density at radius 2 is 2.25 bits per heavy atom. The minimum Gasteiger partial charge on any atom is -0.326 e. The molecule has 0 saturated carbocycles. The lowest BCUT2D eigenvalue weighted by molar-refractivity contribution is 1.07. The van der Waals surface area contributed by atoms with Crippen LogP contribution < -0.4 is 5.73 Å². The highest BCUT2D eigenvalue weighted by Gasteiger charge is 1.89. The van der Waals surface area contributed by atoms with Gasteiger partial charge in [0.25, 0.3) is 0 Å². The first-order valence-corrected chi connectivity index (χ1v) is 5.00. The van der Waals surface area contributed by atoms with E-state index in [9.17, 15) is 0 Å². The van der Waals surface area contributed by atoms with Gasteiger partial charge >= 0.3 is 0 Å². The fourth-order valence-electron chi connectivity index (χ4n) is 1.00. The zero-order valence-electron chi connectivity index (χ0n) is 6.83. The lowest BCUT2D eigenvalue weighted by Gasteiger charge is -1.97. The molecule has 0 aliphatic heterocycles. The molecule has 2 N–H and O–H groups in total. The van der Waals surface area contributed by atoms with Crippen molar-refractivity contribution in [3.8, 4) is 0 Å². The molecular weight excluding hydrogens is 214 g/mol. The number of hydrogen-bond donors (Lipinski definition) is 1. The highest BCUT2D eigenvalue weighted by atomic mass is 79.9. The van der Waals surface area contributed by atoms with Crippen molar-refractivity contribution in [1.29, 1.82) is 0 Å². The molecule has 0 fully saturated rings. The number of rotatable bonds is 3. The third-order valence-corrected chi connectivity index (χ3v) is 1.96. The molecule has 1 aromatic rings. The van der Waals surface area contributed by atoms with Gasteiger partial charge in [-0.1, -0.05) is 52.3 Å². The molecule has 0 bridgehead atoms. The molecule has 2 heteroatoms. The predicted molar refractivity (Wildman–Crippen MR) is 57.2 cm³/mol. The lowest BCUT2D eigenvalue weighted by atomic mass is 10.1. The zero-order valence-corrected chi connectivity index (χ0v) is 8.42. The van der Waals surface area contributed by atoms with Crippen LogP contribution in [0.3, 0.4) is 0 Å². The molecule has 0 atom stereocenters. The first kappa shape index (κ1) is 9.49. The van der Waals surface area contributed by atoms with Crippen LogP contribution in [0.25, 0.3) is 6.08 Å². The molecule has 0 saturated heterocycles. The van der Waals surface area contributed by atoms with E-state index >= 15 is 0 Å². The highest BCUT2D eigenvalue weighted by molar-refractivity contribution is 9.09. The van der Waals surface area contributed by atoms with Gasteiger partial charge in [-0.25, -0.2) is 0 Å². The molecule has 0 radical (unpaired) electrons. The van der Waals surface area contributed by atoms with Crippen molar-refractivity contribution in [2.45, 2.75) is 6.54 Å². The molecule has 1 nitrogen and oxygen atoms in total. The zero-order chi connectivity index (χ0) is 8.81. The van der Waals surface area contributed by atoms with E-state index < -0.39 is 0 Å². The first-order valence-electron chi connectivity index (χ1n) is 3.88. The Labute approximate surface area is 81.4 Å². The van der Waals surface area contributed by atoms with E-state index in [2.05, 4.69) is 40.2 Å². The summed E-state index contributed by atoms with van der Waals surface area (Å²) in [6.45, 7) is 0.607. The second-order valence-corrected chi connectivity index (χ2v) is 3.15. The molecule has 0 aromatic heterocycles. The SMILES string of the molecule is NCc1cccc(C=CCBr)c1. The van der Waals surface area contributed by atoms with Crippen molar-refractivity contribution >= 4 is 22.0 Å². The van der Waals surface area contributed by atoms with Crippen molar-refractivity contribution in [1.82, 2.24) is 0 Å². The molecule has 12 heavy (non-hydrogen) atoms. The topological polar surface area (TPSA) is 26.0 Å². The summed E-state index contributed by atoms with van der Waals surface area (Å²) in [6, 6.07) is 8.22. The molecule has 0 aliphatic carbocycles. The molecule has 0 aliphatic rings. The molecular formula is C10H12BrN. The second kappa shape index (κ2) is 5.12. The van der Waals surface area contributed by atoms with E-state index in [0.29, 0.717) is 6.54 Å². The minimum absolute atomic E-state index is 0.607. The van der Waals surface area contributed by atoms with Crippen LogP contribution in [-0.4, -0.2) is 5.33 Å². The van der Waals surface area contributed by atoms with Crippen LogP contribution in [0, 0.1) is 0 Å². The van der Waals surface area contributed by atoms with Crippen molar-refractivity contribution in [2.24, 2.45) is 5.73 Å². The second-order valence-electron chi connectivity index (χ2n) is 2.51. The van der Waals surface area contributed by atoms with Crippen molar-refractivity contribution in [3.05, 3.63) is 41.5 Å². The number of nitrogens with two attached hydrogens (primary N) is 1. The Morgan fingerprint density at radius 1 is 1.42 bits per heavy atom. The Balaban J connectivity index is 2.79. The van der Waals surface area contributed by atoms with Gasteiger partial charge in [0.2, 0.25) is 0 Å². The molecule has 1 aromatic carbocycles. The van der Waals surface area contributed by atoms with Gasteiger partial charge in [0, 0.05) is 11.9 Å². The number of benzene rings is 1. The molecule has 0 amide bonds. The van der Waals surface area contributed by atoms with Gasteiger partial charge in [-0.15, -0.1) is 0 Å². The maximum absolute atomic E-state index is 5.51. The maximum Gasteiger partial charge on any atom is 0.0215 e. The van der Waals surface area contributed by atoms with E-state index in [-0.39, 0.29) is 0 Å². The van der Waals surface area contributed by atoms with Crippen LogP contribution in [0.1, 0.15) is 11.1 Å². The Bertz CT molecular complexity index is 268. The van der Waals surface area contributed by atoms with Gasteiger partial charge in [-0.2, -0.15) is 0 Å². The monoisotopic (exact) mass is 225 g/mol. The summed E-state index contributed by atoms with van der Waals surface area (Å²) in [4.78, 5) is 0. The number of hydrogen-bond acceptors (Lipinski definition) is 1. The summed E-state index contributed by atoms with van der Waals surface area (Å²) in [5.41, 5.74) is 7.89. The van der Waals surface area contributed by atoms with Crippen LogP contribution in [0.5, 0.6) is 0 Å². The van der Waals surface area contributed by atoms with Crippen LogP contribution in [0.4, 0.5) is 0 Å². The predicted octanol–water partition coefficient (Wildman–Crippen LogP) is 2.55. The van der Waals surface area contributed by atoms with Gasteiger partial charge in [0.15, 0.2) is 0 Å². The number of alkyl halides is 1. The van der Waals surface area contributed by atoms with Crippen LogP contribution in [-0.2, 0) is 6.54 Å².